The Hall–Kier alpha value is -1.99. The summed E-state index contributed by atoms with van der Waals surface area (Å²) in [6.07, 6.45) is 3.02. The molecule has 2 aromatic rings. The Balaban J connectivity index is 1.57. The highest BCUT2D eigenvalue weighted by Gasteiger charge is 2.33. The predicted molar refractivity (Wildman–Crippen MR) is 106 cm³/mol. The Morgan fingerprint density at radius 2 is 2.26 bits per heavy atom. The van der Waals surface area contributed by atoms with Gasteiger partial charge in [-0.25, -0.2) is 4.98 Å². The number of aromatic nitrogens is 2. The third-order valence-corrected chi connectivity index (χ3v) is 6.52. The van der Waals surface area contributed by atoms with E-state index in [2.05, 4.69) is 23.7 Å². The van der Waals surface area contributed by atoms with Gasteiger partial charge >= 0.3 is 0 Å². The minimum absolute atomic E-state index is 0.0436. The summed E-state index contributed by atoms with van der Waals surface area (Å²) in [6, 6.07) is 4.27. The maximum Gasteiger partial charge on any atom is 0.255 e. The average molecular weight is 387 g/mol. The summed E-state index contributed by atoms with van der Waals surface area (Å²) < 4.78 is 0. The van der Waals surface area contributed by atoms with Crippen molar-refractivity contribution in [2.75, 3.05) is 13.1 Å². The quantitative estimate of drug-likeness (QED) is 0.877. The standard InChI is InChI=1S/C20H26N4O2S/c1-13(2)23-9-7-16-15(12-23)20(26)22-19(21-16)17-6-3-8-24(17)18(25)11-14-5-4-10-27-14/h4-5,10,13,17H,3,6-9,11-12H2,1-2H3,(H,21,22,26)/t17-/m0/s1. The Morgan fingerprint density at radius 1 is 1.41 bits per heavy atom. The molecular formula is C20H26N4O2S. The van der Waals surface area contributed by atoms with Crippen molar-refractivity contribution in [3.63, 3.8) is 0 Å². The molecule has 0 spiro atoms. The predicted octanol–water partition coefficient (Wildman–Crippen LogP) is 2.50. The zero-order valence-corrected chi connectivity index (χ0v) is 16.7. The molecule has 2 aliphatic rings. The van der Waals surface area contributed by atoms with Crippen LogP contribution in [0.4, 0.5) is 0 Å². The zero-order chi connectivity index (χ0) is 19.0. The molecular weight excluding hydrogens is 360 g/mol. The Morgan fingerprint density at radius 3 is 3.00 bits per heavy atom. The van der Waals surface area contributed by atoms with Gasteiger partial charge in [0.2, 0.25) is 5.91 Å². The molecule has 7 heteroatoms. The number of rotatable bonds is 4. The second-order valence-electron chi connectivity index (χ2n) is 7.69. The molecule has 0 aliphatic carbocycles. The first-order valence-electron chi connectivity index (χ1n) is 9.71. The van der Waals surface area contributed by atoms with Gasteiger partial charge in [-0.2, -0.15) is 0 Å². The van der Waals surface area contributed by atoms with E-state index in [1.807, 2.05) is 22.4 Å². The van der Waals surface area contributed by atoms with Gasteiger partial charge in [0, 0.05) is 37.0 Å². The highest BCUT2D eigenvalue weighted by molar-refractivity contribution is 7.10. The van der Waals surface area contributed by atoms with E-state index in [4.69, 9.17) is 4.98 Å². The molecule has 27 heavy (non-hydrogen) atoms. The van der Waals surface area contributed by atoms with Gasteiger partial charge in [0.1, 0.15) is 5.82 Å². The van der Waals surface area contributed by atoms with Crippen LogP contribution in [0.5, 0.6) is 0 Å². The van der Waals surface area contributed by atoms with Gasteiger partial charge < -0.3 is 9.88 Å². The second-order valence-corrected chi connectivity index (χ2v) is 8.72. The van der Waals surface area contributed by atoms with Crippen LogP contribution in [0.15, 0.2) is 22.3 Å². The van der Waals surface area contributed by atoms with Crippen LogP contribution in [0.3, 0.4) is 0 Å². The maximum atomic E-state index is 12.8. The van der Waals surface area contributed by atoms with E-state index in [9.17, 15) is 9.59 Å². The fourth-order valence-corrected chi connectivity index (χ4v) is 4.77. The van der Waals surface area contributed by atoms with E-state index in [0.717, 1.165) is 48.5 Å². The van der Waals surface area contributed by atoms with Crippen LogP contribution in [-0.2, 0) is 24.2 Å². The molecule has 0 saturated carbocycles. The lowest BCUT2D eigenvalue weighted by Crippen LogP contribution is -2.40. The normalized spacial score (nSPS) is 20.3. The molecule has 1 N–H and O–H groups in total. The van der Waals surface area contributed by atoms with Gasteiger partial charge in [0.25, 0.3) is 5.56 Å². The first-order chi connectivity index (χ1) is 13.0. The van der Waals surface area contributed by atoms with Crippen LogP contribution in [0.1, 0.15) is 54.7 Å². The van der Waals surface area contributed by atoms with Crippen LogP contribution in [0.25, 0.3) is 0 Å². The summed E-state index contributed by atoms with van der Waals surface area (Å²) >= 11 is 1.60. The molecule has 144 valence electrons. The molecule has 2 aromatic heterocycles. The average Bonchev–Trinajstić information content (AvgIpc) is 3.32. The number of nitrogens with one attached hydrogen (secondary N) is 1. The number of amides is 1. The third-order valence-electron chi connectivity index (χ3n) is 5.64. The lowest BCUT2D eigenvalue weighted by molar-refractivity contribution is -0.131. The van der Waals surface area contributed by atoms with Gasteiger partial charge in [0.15, 0.2) is 0 Å². The van der Waals surface area contributed by atoms with Crippen molar-refractivity contribution >= 4 is 17.2 Å². The van der Waals surface area contributed by atoms with Crippen LogP contribution < -0.4 is 5.56 Å². The molecule has 0 radical (unpaired) electrons. The first-order valence-corrected chi connectivity index (χ1v) is 10.6. The largest absolute Gasteiger partial charge is 0.332 e. The Bertz CT molecular complexity index is 875. The summed E-state index contributed by atoms with van der Waals surface area (Å²) in [7, 11) is 0. The molecule has 4 rings (SSSR count). The van der Waals surface area contributed by atoms with Crippen molar-refractivity contribution in [2.24, 2.45) is 0 Å². The minimum atomic E-state index is -0.112. The van der Waals surface area contributed by atoms with E-state index < -0.39 is 0 Å². The summed E-state index contributed by atoms with van der Waals surface area (Å²) in [6.45, 7) is 6.61. The number of hydrogen-bond acceptors (Lipinski definition) is 5. The summed E-state index contributed by atoms with van der Waals surface area (Å²) in [4.78, 5) is 38.6. The number of carbonyl (C=O) groups is 1. The molecule has 6 nitrogen and oxygen atoms in total. The lowest BCUT2D eigenvalue weighted by atomic mass is 10.0. The zero-order valence-electron chi connectivity index (χ0n) is 15.9. The number of aromatic amines is 1. The number of carbonyl (C=O) groups excluding carboxylic acids is 1. The molecule has 1 saturated heterocycles. The van der Waals surface area contributed by atoms with Crippen LogP contribution in [0.2, 0.25) is 0 Å². The van der Waals surface area contributed by atoms with E-state index in [1.165, 1.54) is 0 Å². The fraction of sp³-hybridized carbons (Fsp3) is 0.550. The van der Waals surface area contributed by atoms with Gasteiger partial charge in [-0.05, 0) is 38.1 Å². The first kappa shape index (κ1) is 18.4. The van der Waals surface area contributed by atoms with Crippen molar-refractivity contribution in [1.82, 2.24) is 19.8 Å². The maximum absolute atomic E-state index is 12.8. The molecule has 4 heterocycles. The Labute approximate surface area is 163 Å². The van der Waals surface area contributed by atoms with Gasteiger partial charge in [-0.1, -0.05) is 6.07 Å². The third kappa shape index (κ3) is 3.71. The highest BCUT2D eigenvalue weighted by Crippen LogP contribution is 2.31. The smallest absolute Gasteiger partial charge is 0.255 e. The number of likely N-dealkylation sites (tertiary alicyclic amines) is 1. The number of hydrogen-bond donors (Lipinski definition) is 1. The van der Waals surface area contributed by atoms with Gasteiger partial charge in [-0.15, -0.1) is 11.3 Å². The van der Waals surface area contributed by atoms with E-state index in [1.54, 1.807) is 11.3 Å². The molecule has 2 aliphatic heterocycles. The lowest BCUT2D eigenvalue weighted by Gasteiger charge is -2.31. The van der Waals surface area contributed by atoms with Crippen molar-refractivity contribution in [3.8, 4) is 0 Å². The van der Waals surface area contributed by atoms with E-state index in [-0.39, 0.29) is 17.5 Å². The molecule has 0 bridgehead atoms. The number of H-pyrrole nitrogens is 1. The molecule has 1 amide bonds. The fourth-order valence-electron chi connectivity index (χ4n) is 4.08. The second kappa shape index (κ2) is 7.56. The van der Waals surface area contributed by atoms with Crippen molar-refractivity contribution in [2.45, 2.75) is 58.2 Å². The number of thiophene rings is 1. The topological polar surface area (TPSA) is 69.3 Å². The monoisotopic (exact) mass is 386 g/mol. The van der Waals surface area contributed by atoms with Gasteiger partial charge in [-0.3, -0.25) is 14.5 Å². The highest BCUT2D eigenvalue weighted by atomic mass is 32.1. The number of nitrogens with zero attached hydrogens (tertiary/aromatic N) is 3. The molecule has 0 aromatic carbocycles. The molecule has 1 atom stereocenters. The number of fused-ring (bicyclic) bond motifs is 1. The Kier molecular flexibility index (Phi) is 5.14. The molecule has 1 fully saturated rings. The molecule has 0 unspecified atom stereocenters. The van der Waals surface area contributed by atoms with E-state index in [0.29, 0.717) is 24.8 Å². The van der Waals surface area contributed by atoms with Crippen molar-refractivity contribution < 1.29 is 4.79 Å². The summed E-state index contributed by atoms with van der Waals surface area (Å²) in [5, 5.41) is 1.99. The van der Waals surface area contributed by atoms with Crippen LogP contribution in [0, 0.1) is 0 Å². The summed E-state index contributed by atoms with van der Waals surface area (Å²) in [5.41, 5.74) is 1.65. The SMILES string of the molecule is CC(C)N1CCc2nc([C@@H]3CCCN3C(=O)Cc3cccs3)[nH]c(=O)c2C1. The minimum Gasteiger partial charge on any atom is -0.332 e. The van der Waals surface area contributed by atoms with Crippen LogP contribution >= 0.6 is 11.3 Å². The van der Waals surface area contributed by atoms with E-state index >= 15 is 0 Å². The van der Waals surface area contributed by atoms with Crippen LogP contribution in [-0.4, -0.2) is 44.8 Å². The van der Waals surface area contributed by atoms with Crippen molar-refractivity contribution in [3.05, 3.63) is 49.8 Å². The van der Waals surface area contributed by atoms with Gasteiger partial charge in [0.05, 0.1) is 23.7 Å². The summed E-state index contributed by atoms with van der Waals surface area (Å²) in [5.74, 6) is 0.778. The van der Waals surface area contributed by atoms with Crippen molar-refractivity contribution in [1.29, 1.82) is 0 Å².